The maximum Gasteiger partial charge on any atom is 0.141 e. The molecule has 0 bridgehead atoms. The van der Waals surface area contributed by atoms with Crippen molar-refractivity contribution in [2.75, 3.05) is 5.32 Å². The summed E-state index contributed by atoms with van der Waals surface area (Å²) in [4.78, 5) is 8.72. The highest BCUT2D eigenvalue weighted by Crippen LogP contribution is 2.29. The van der Waals surface area contributed by atoms with Gasteiger partial charge in [0.25, 0.3) is 0 Å². The molecule has 22 heavy (non-hydrogen) atoms. The Balaban J connectivity index is 0.00000121. The lowest BCUT2D eigenvalue weighted by molar-refractivity contribution is 0.823. The van der Waals surface area contributed by atoms with E-state index in [-0.39, 0.29) is 11.0 Å². The van der Waals surface area contributed by atoms with Gasteiger partial charge < -0.3 is 16.3 Å². The number of hydrogen-bond acceptors (Lipinski definition) is 3. The molecule has 5 nitrogen and oxygen atoms in total. The van der Waals surface area contributed by atoms with Gasteiger partial charge in [0.05, 0.1) is 11.2 Å². The highest BCUT2D eigenvalue weighted by Gasteiger charge is 2.07. The van der Waals surface area contributed by atoms with Crippen molar-refractivity contribution in [1.29, 1.82) is 0 Å². The van der Waals surface area contributed by atoms with Crippen molar-refractivity contribution in [1.82, 2.24) is 9.97 Å². The van der Waals surface area contributed by atoms with Crippen molar-refractivity contribution >= 4 is 38.3 Å². The third kappa shape index (κ3) is 3.41. The van der Waals surface area contributed by atoms with Crippen molar-refractivity contribution in [2.24, 2.45) is 0 Å². The summed E-state index contributed by atoms with van der Waals surface area (Å²) >= 11 is 3.54. The summed E-state index contributed by atoms with van der Waals surface area (Å²) in [5.41, 5.74) is 4.42. The van der Waals surface area contributed by atoms with Crippen LogP contribution in [0.5, 0.6) is 0 Å². The first kappa shape index (κ1) is 18.0. The number of nitrogens with zero attached hydrogens (tertiary/aromatic N) is 2. The molecule has 0 radical (unpaired) electrons. The molecule has 0 aliphatic heterocycles. The Morgan fingerprint density at radius 2 is 1.64 bits per heavy atom. The fourth-order valence-electron chi connectivity index (χ4n) is 2.11. The van der Waals surface area contributed by atoms with E-state index in [2.05, 4.69) is 57.2 Å². The van der Waals surface area contributed by atoms with Crippen molar-refractivity contribution in [3.05, 3.63) is 58.3 Å². The molecule has 3 aromatic rings. The number of fused-ring (bicyclic) bond motifs is 1. The minimum absolute atomic E-state index is 0. The van der Waals surface area contributed by atoms with Crippen LogP contribution in [0.2, 0.25) is 0 Å². The molecule has 2 aromatic carbocycles. The first-order valence-corrected chi connectivity index (χ1v) is 7.18. The average molecular weight is 364 g/mol. The number of halogens is 1. The van der Waals surface area contributed by atoms with E-state index >= 15 is 0 Å². The van der Waals surface area contributed by atoms with Gasteiger partial charge in [-0.1, -0.05) is 12.1 Å². The molecule has 0 saturated carbocycles. The van der Waals surface area contributed by atoms with Crippen LogP contribution in [0, 0.1) is 13.8 Å². The number of hydrogen-bond donors (Lipinski definition) is 1. The highest BCUT2D eigenvalue weighted by molar-refractivity contribution is 9.10. The lowest BCUT2D eigenvalue weighted by atomic mass is 10.1. The fraction of sp³-hybridized carbons (Fsp3) is 0.125. The third-order valence-corrected chi connectivity index (χ3v) is 4.07. The lowest BCUT2D eigenvalue weighted by Crippen LogP contribution is -1.97. The zero-order valence-corrected chi connectivity index (χ0v) is 13.9. The summed E-state index contributed by atoms with van der Waals surface area (Å²) in [6, 6.07) is 12.2. The lowest BCUT2D eigenvalue weighted by Gasteiger charge is -2.11. The number of aromatic nitrogens is 2. The van der Waals surface area contributed by atoms with Gasteiger partial charge in [0.15, 0.2) is 0 Å². The molecule has 0 fully saturated rings. The summed E-state index contributed by atoms with van der Waals surface area (Å²) in [5, 5.41) is 4.40. The third-order valence-electron chi connectivity index (χ3n) is 3.38. The molecule has 5 N–H and O–H groups in total. The van der Waals surface area contributed by atoms with Crippen molar-refractivity contribution < 1.29 is 11.0 Å². The van der Waals surface area contributed by atoms with Gasteiger partial charge in [-0.3, -0.25) is 0 Å². The second-order valence-corrected chi connectivity index (χ2v) is 5.64. The summed E-state index contributed by atoms with van der Waals surface area (Å²) in [7, 11) is 0. The Bertz CT molecular complexity index is 793. The molecule has 0 spiro atoms. The van der Waals surface area contributed by atoms with Gasteiger partial charge in [0.2, 0.25) is 0 Å². The first-order chi connectivity index (χ1) is 9.65. The van der Waals surface area contributed by atoms with E-state index in [0.29, 0.717) is 0 Å². The van der Waals surface area contributed by atoms with E-state index in [0.717, 1.165) is 26.9 Å². The van der Waals surface area contributed by atoms with Crippen LogP contribution in [0.25, 0.3) is 10.9 Å². The second kappa shape index (κ2) is 7.31. The van der Waals surface area contributed by atoms with Gasteiger partial charge in [0, 0.05) is 9.86 Å². The number of benzene rings is 2. The molecule has 0 aliphatic rings. The van der Waals surface area contributed by atoms with E-state index in [1.165, 1.54) is 11.1 Å². The summed E-state index contributed by atoms with van der Waals surface area (Å²) < 4.78 is 1.01. The van der Waals surface area contributed by atoms with Crippen molar-refractivity contribution in [3.8, 4) is 0 Å². The topological polar surface area (TPSA) is 101 Å². The normalized spacial score (nSPS) is 9.77. The average Bonchev–Trinajstić information content (AvgIpc) is 2.43. The largest absolute Gasteiger partial charge is 0.412 e. The Kier molecular flexibility index (Phi) is 5.99. The standard InChI is InChI=1S/C16H14BrN3.2H2O/c1-10-7-12-15(8-11(10)2)18-9-19-16(12)20-14-6-4-3-5-13(14)17;;/h3-9H,1-2H3,(H,18,19,20);2*1H2. The highest BCUT2D eigenvalue weighted by atomic mass is 79.9. The van der Waals surface area contributed by atoms with Gasteiger partial charge in [-0.05, 0) is 65.2 Å². The predicted octanol–water partition coefficient (Wildman–Crippen LogP) is 3.10. The van der Waals surface area contributed by atoms with E-state index in [4.69, 9.17) is 0 Å². The molecule has 1 aromatic heterocycles. The molecular weight excluding hydrogens is 346 g/mol. The minimum Gasteiger partial charge on any atom is -0.412 e. The smallest absolute Gasteiger partial charge is 0.141 e. The Labute approximate surface area is 137 Å². The van der Waals surface area contributed by atoms with Crippen molar-refractivity contribution in [3.63, 3.8) is 0 Å². The number of nitrogens with one attached hydrogen (secondary N) is 1. The molecule has 0 amide bonds. The van der Waals surface area contributed by atoms with Crippen LogP contribution in [0.3, 0.4) is 0 Å². The molecule has 0 unspecified atom stereocenters. The predicted molar refractivity (Wildman–Crippen MR) is 93.7 cm³/mol. The summed E-state index contributed by atoms with van der Waals surface area (Å²) in [6.07, 6.45) is 1.59. The minimum atomic E-state index is 0. The molecule has 116 valence electrons. The van der Waals surface area contributed by atoms with E-state index in [1.54, 1.807) is 6.33 Å². The van der Waals surface area contributed by atoms with E-state index in [1.807, 2.05) is 24.3 Å². The van der Waals surface area contributed by atoms with Crippen LogP contribution in [0.15, 0.2) is 47.2 Å². The van der Waals surface area contributed by atoms with Crippen LogP contribution in [0.1, 0.15) is 11.1 Å². The number of anilines is 2. The molecule has 6 heteroatoms. The molecule has 0 aliphatic carbocycles. The molecule has 0 atom stereocenters. The first-order valence-electron chi connectivity index (χ1n) is 6.38. The van der Waals surface area contributed by atoms with Crippen LogP contribution in [-0.2, 0) is 0 Å². The van der Waals surface area contributed by atoms with Gasteiger partial charge in [-0.15, -0.1) is 0 Å². The maximum absolute atomic E-state index is 4.37. The molecular formula is C16H18BrN3O2. The van der Waals surface area contributed by atoms with Crippen LogP contribution in [0.4, 0.5) is 11.5 Å². The number of rotatable bonds is 2. The van der Waals surface area contributed by atoms with Gasteiger partial charge in [-0.2, -0.15) is 0 Å². The molecule has 3 rings (SSSR count). The quantitative estimate of drug-likeness (QED) is 0.756. The molecule has 1 heterocycles. The fourth-order valence-corrected chi connectivity index (χ4v) is 2.49. The summed E-state index contributed by atoms with van der Waals surface area (Å²) in [6.45, 7) is 4.20. The van der Waals surface area contributed by atoms with Crippen LogP contribution in [-0.4, -0.2) is 20.9 Å². The Morgan fingerprint density at radius 3 is 2.36 bits per heavy atom. The van der Waals surface area contributed by atoms with Gasteiger partial charge >= 0.3 is 0 Å². The van der Waals surface area contributed by atoms with Crippen LogP contribution >= 0.6 is 15.9 Å². The SMILES string of the molecule is Cc1cc2ncnc(Nc3ccccc3Br)c2cc1C.O.O. The van der Waals surface area contributed by atoms with Gasteiger partial charge in [0.1, 0.15) is 12.1 Å². The Hall–Kier alpha value is -2.02. The van der Waals surface area contributed by atoms with E-state index < -0.39 is 0 Å². The zero-order valence-electron chi connectivity index (χ0n) is 12.3. The van der Waals surface area contributed by atoms with Crippen LogP contribution < -0.4 is 5.32 Å². The zero-order chi connectivity index (χ0) is 14.1. The van der Waals surface area contributed by atoms with E-state index in [9.17, 15) is 0 Å². The summed E-state index contributed by atoms with van der Waals surface area (Å²) in [5.74, 6) is 0.824. The monoisotopic (exact) mass is 363 g/mol. The number of aryl methyl sites for hydroxylation is 2. The number of para-hydroxylation sites is 1. The second-order valence-electron chi connectivity index (χ2n) is 4.78. The molecule has 0 saturated heterocycles. The van der Waals surface area contributed by atoms with Gasteiger partial charge in [-0.25, -0.2) is 9.97 Å². The maximum atomic E-state index is 4.37. The van der Waals surface area contributed by atoms with Crippen molar-refractivity contribution in [2.45, 2.75) is 13.8 Å². The Morgan fingerprint density at radius 1 is 0.955 bits per heavy atom.